The van der Waals surface area contributed by atoms with E-state index in [4.69, 9.17) is 5.73 Å². The molecule has 0 aliphatic rings. The summed E-state index contributed by atoms with van der Waals surface area (Å²) < 4.78 is 36.7. The number of alkyl halides is 3. The quantitative estimate of drug-likeness (QED) is 0.787. The number of aryl methyl sites for hydroxylation is 1. The molecule has 6 heteroatoms. The van der Waals surface area contributed by atoms with Crippen LogP contribution in [0.3, 0.4) is 0 Å². The summed E-state index contributed by atoms with van der Waals surface area (Å²) in [5, 5.41) is 0. The molecule has 0 bridgehead atoms. The van der Waals surface area contributed by atoms with Gasteiger partial charge in [0.2, 0.25) is 0 Å². The van der Waals surface area contributed by atoms with Crippen LogP contribution in [-0.4, -0.2) is 4.98 Å². The maximum absolute atomic E-state index is 12.2. The average Bonchev–Trinajstić information content (AvgIpc) is 2.15. The molecule has 1 heterocycles. The van der Waals surface area contributed by atoms with Gasteiger partial charge in [0, 0.05) is 4.47 Å². The molecule has 0 aliphatic carbocycles. The summed E-state index contributed by atoms with van der Waals surface area (Å²) in [5.41, 5.74) is 4.88. The Morgan fingerprint density at radius 1 is 1.33 bits per heavy atom. The van der Waals surface area contributed by atoms with E-state index in [-0.39, 0.29) is 15.9 Å². The molecule has 0 saturated carbocycles. The predicted octanol–water partition coefficient (Wildman–Crippen LogP) is 3.78. The van der Waals surface area contributed by atoms with E-state index in [0.29, 0.717) is 0 Å². The van der Waals surface area contributed by atoms with Gasteiger partial charge in [-0.15, -0.1) is 0 Å². The lowest BCUT2D eigenvalue weighted by atomic mass is 10.2. The third-order valence-corrected chi connectivity index (χ3v) is 2.15. The van der Waals surface area contributed by atoms with E-state index >= 15 is 0 Å². The van der Waals surface area contributed by atoms with Crippen LogP contribution in [0.5, 0.6) is 0 Å². The Bertz CT molecular complexity index is 314. The van der Waals surface area contributed by atoms with Crippen LogP contribution in [-0.2, 0) is 6.18 Å². The zero-order valence-corrected chi connectivity index (χ0v) is 10.2. The highest BCUT2D eigenvalue weighted by molar-refractivity contribution is 9.10. The smallest absolute Gasteiger partial charge is 0.396 e. The van der Waals surface area contributed by atoms with Crippen molar-refractivity contribution in [1.29, 1.82) is 0 Å². The van der Waals surface area contributed by atoms with Crippen LogP contribution in [0.15, 0.2) is 10.5 Å². The molecule has 2 N–H and O–H groups in total. The van der Waals surface area contributed by atoms with Crippen LogP contribution in [0.4, 0.5) is 18.9 Å². The first kappa shape index (κ1) is 14.2. The molecule has 15 heavy (non-hydrogen) atoms. The minimum Gasteiger partial charge on any atom is -0.396 e. The number of rotatable bonds is 0. The van der Waals surface area contributed by atoms with E-state index in [1.165, 1.54) is 6.92 Å². The molecule has 1 aromatic rings. The molecular weight excluding hydrogens is 273 g/mol. The summed E-state index contributed by atoms with van der Waals surface area (Å²) in [4.78, 5) is 3.32. The highest BCUT2D eigenvalue weighted by Crippen LogP contribution is 2.32. The predicted molar refractivity (Wildman–Crippen MR) is 57.4 cm³/mol. The number of nitrogen functional groups attached to an aromatic ring is 1. The van der Waals surface area contributed by atoms with E-state index in [1.807, 2.05) is 13.8 Å². The van der Waals surface area contributed by atoms with Crippen LogP contribution < -0.4 is 5.73 Å². The summed E-state index contributed by atoms with van der Waals surface area (Å²) in [6, 6.07) is 0.863. The van der Waals surface area contributed by atoms with Crippen molar-refractivity contribution in [3.63, 3.8) is 0 Å². The number of nitrogens with zero attached hydrogens (tertiary/aromatic N) is 1. The van der Waals surface area contributed by atoms with Gasteiger partial charge in [0.05, 0.1) is 11.4 Å². The molecule has 0 aromatic carbocycles. The van der Waals surface area contributed by atoms with Crippen molar-refractivity contribution in [3.8, 4) is 0 Å². The average molecular weight is 285 g/mol. The first-order valence-electron chi connectivity index (χ1n) is 4.32. The zero-order chi connectivity index (χ0) is 12.2. The lowest BCUT2D eigenvalue weighted by Crippen LogP contribution is -2.10. The van der Waals surface area contributed by atoms with Gasteiger partial charge in [-0.25, -0.2) is 4.98 Å². The molecule has 0 fully saturated rings. The molecule has 2 nitrogen and oxygen atoms in total. The maximum atomic E-state index is 12.2. The fourth-order valence-electron chi connectivity index (χ4n) is 0.789. The van der Waals surface area contributed by atoms with Crippen molar-refractivity contribution in [3.05, 3.63) is 21.9 Å². The molecule has 0 amide bonds. The monoisotopic (exact) mass is 284 g/mol. The Morgan fingerprint density at radius 3 is 2.13 bits per heavy atom. The Balaban J connectivity index is 0.000000921. The van der Waals surface area contributed by atoms with Gasteiger partial charge < -0.3 is 5.73 Å². The van der Waals surface area contributed by atoms with Crippen molar-refractivity contribution in [2.75, 3.05) is 5.73 Å². The summed E-state index contributed by atoms with van der Waals surface area (Å²) in [5.74, 6) is 0. The van der Waals surface area contributed by atoms with Gasteiger partial charge in [0.15, 0.2) is 0 Å². The Morgan fingerprint density at radius 2 is 1.80 bits per heavy atom. The molecule has 0 aliphatic heterocycles. The van der Waals surface area contributed by atoms with Gasteiger partial charge in [0.1, 0.15) is 5.69 Å². The van der Waals surface area contributed by atoms with Crippen LogP contribution in [0.1, 0.15) is 25.2 Å². The lowest BCUT2D eigenvalue weighted by molar-refractivity contribution is -0.141. The highest BCUT2D eigenvalue weighted by atomic mass is 79.9. The zero-order valence-electron chi connectivity index (χ0n) is 8.61. The Kier molecular flexibility index (Phi) is 5.07. The number of anilines is 1. The van der Waals surface area contributed by atoms with E-state index in [0.717, 1.165) is 6.07 Å². The summed E-state index contributed by atoms with van der Waals surface area (Å²) >= 11 is 2.92. The Hall–Kier alpha value is -0.780. The number of hydrogen-bond donors (Lipinski definition) is 1. The van der Waals surface area contributed by atoms with Crippen molar-refractivity contribution in [2.45, 2.75) is 26.9 Å². The molecule has 0 unspecified atom stereocenters. The summed E-state index contributed by atoms with van der Waals surface area (Å²) in [6.07, 6.45) is -4.43. The standard InChI is InChI=1S/C7H6BrF3N2.C2H6/c1-3-6(12)4(8)2-5(13-3)7(9,10)11;1-2/h2H,12H2,1H3;1-2H3. The number of pyridine rings is 1. The normalized spacial score (nSPS) is 10.6. The van der Waals surface area contributed by atoms with Crippen LogP contribution in [0.25, 0.3) is 0 Å². The van der Waals surface area contributed by atoms with Crippen LogP contribution in [0, 0.1) is 6.92 Å². The number of nitrogens with two attached hydrogens (primary N) is 1. The number of aromatic nitrogens is 1. The third kappa shape index (κ3) is 3.70. The fraction of sp³-hybridized carbons (Fsp3) is 0.444. The maximum Gasteiger partial charge on any atom is 0.433 e. The fourth-order valence-corrected chi connectivity index (χ4v) is 1.29. The molecule has 1 aromatic heterocycles. The lowest BCUT2D eigenvalue weighted by Gasteiger charge is -2.09. The second-order valence-corrected chi connectivity index (χ2v) is 3.34. The third-order valence-electron chi connectivity index (χ3n) is 1.49. The second-order valence-electron chi connectivity index (χ2n) is 2.49. The first-order valence-corrected chi connectivity index (χ1v) is 5.11. The minimum atomic E-state index is -4.43. The van der Waals surface area contributed by atoms with Crippen molar-refractivity contribution in [1.82, 2.24) is 4.98 Å². The van der Waals surface area contributed by atoms with Crippen molar-refractivity contribution in [2.24, 2.45) is 0 Å². The molecule has 0 radical (unpaired) electrons. The molecule has 86 valence electrons. The largest absolute Gasteiger partial charge is 0.433 e. The highest BCUT2D eigenvalue weighted by Gasteiger charge is 2.33. The van der Waals surface area contributed by atoms with Gasteiger partial charge in [0.25, 0.3) is 0 Å². The van der Waals surface area contributed by atoms with E-state index in [9.17, 15) is 13.2 Å². The van der Waals surface area contributed by atoms with Gasteiger partial charge in [-0.05, 0) is 28.9 Å². The number of halogens is 4. The minimum absolute atomic E-state index is 0.168. The van der Waals surface area contributed by atoms with Crippen molar-refractivity contribution >= 4 is 21.6 Å². The molecule has 0 atom stereocenters. The van der Waals surface area contributed by atoms with Crippen LogP contribution in [0.2, 0.25) is 0 Å². The second kappa shape index (κ2) is 5.34. The first-order chi connectivity index (χ1) is 6.82. The summed E-state index contributed by atoms with van der Waals surface area (Å²) in [7, 11) is 0. The Labute approximate surface area is 94.8 Å². The molecule has 0 spiro atoms. The van der Waals surface area contributed by atoms with Gasteiger partial charge in [-0.3, -0.25) is 0 Å². The van der Waals surface area contributed by atoms with Crippen LogP contribution >= 0.6 is 15.9 Å². The topological polar surface area (TPSA) is 38.9 Å². The van der Waals surface area contributed by atoms with Gasteiger partial charge in [-0.2, -0.15) is 13.2 Å². The van der Waals surface area contributed by atoms with E-state index < -0.39 is 11.9 Å². The molecule has 1 rings (SSSR count). The van der Waals surface area contributed by atoms with Gasteiger partial charge in [-0.1, -0.05) is 13.8 Å². The van der Waals surface area contributed by atoms with Crippen molar-refractivity contribution < 1.29 is 13.2 Å². The molecular formula is C9H12BrF3N2. The van der Waals surface area contributed by atoms with Gasteiger partial charge >= 0.3 is 6.18 Å². The molecule has 0 saturated heterocycles. The SMILES string of the molecule is CC.Cc1nc(C(F)(F)F)cc(Br)c1N. The van der Waals surface area contributed by atoms with E-state index in [2.05, 4.69) is 20.9 Å². The summed E-state index contributed by atoms with van der Waals surface area (Å²) in [6.45, 7) is 5.43. The van der Waals surface area contributed by atoms with E-state index in [1.54, 1.807) is 0 Å². The number of hydrogen-bond acceptors (Lipinski definition) is 2.